The summed E-state index contributed by atoms with van der Waals surface area (Å²) in [6, 6.07) is 5.57. The molecular formula is C13H11NO3. The average molecular weight is 229 g/mol. The summed E-state index contributed by atoms with van der Waals surface area (Å²) in [5.74, 6) is -0.907. The molecule has 4 heteroatoms. The smallest absolute Gasteiger partial charge is 0.208 e. The topological polar surface area (TPSA) is 55.7 Å². The monoisotopic (exact) mass is 229 g/mol. The number of hydrogen-bond donors (Lipinski definition) is 0. The van der Waals surface area contributed by atoms with E-state index in [0.29, 0.717) is 11.3 Å². The lowest BCUT2D eigenvalue weighted by atomic mass is 9.90. The van der Waals surface area contributed by atoms with E-state index >= 15 is 0 Å². The summed E-state index contributed by atoms with van der Waals surface area (Å²) < 4.78 is 5.13. The SMILES string of the molecule is CCc1ccc2c(c1)C(=O)C1C(=O)COC1=N2. The van der Waals surface area contributed by atoms with Gasteiger partial charge in [0.05, 0.1) is 5.69 Å². The molecule has 1 aromatic carbocycles. The van der Waals surface area contributed by atoms with E-state index in [1.165, 1.54) is 0 Å². The van der Waals surface area contributed by atoms with Crippen LogP contribution in [0.25, 0.3) is 0 Å². The molecule has 1 aromatic rings. The van der Waals surface area contributed by atoms with E-state index in [-0.39, 0.29) is 24.1 Å². The molecule has 2 heterocycles. The Kier molecular flexibility index (Phi) is 2.11. The van der Waals surface area contributed by atoms with E-state index < -0.39 is 5.92 Å². The largest absolute Gasteiger partial charge is 0.472 e. The van der Waals surface area contributed by atoms with Gasteiger partial charge in [0.1, 0.15) is 6.61 Å². The maximum absolute atomic E-state index is 12.2. The van der Waals surface area contributed by atoms with Crippen LogP contribution in [0.2, 0.25) is 0 Å². The first-order chi connectivity index (χ1) is 8.20. The minimum atomic E-state index is -0.797. The number of ketones is 2. The summed E-state index contributed by atoms with van der Waals surface area (Å²) in [4.78, 5) is 28.0. The second-order valence-corrected chi connectivity index (χ2v) is 4.21. The predicted molar refractivity (Wildman–Crippen MR) is 61.7 cm³/mol. The molecule has 0 amide bonds. The van der Waals surface area contributed by atoms with E-state index in [1.54, 1.807) is 6.07 Å². The number of fused-ring (bicyclic) bond motifs is 2. The third-order valence-electron chi connectivity index (χ3n) is 3.16. The van der Waals surface area contributed by atoms with Crippen molar-refractivity contribution in [1.82, 2.24) is 0 Å². The summed E-state index contributed by atoms with van der Waals surface area (Å²) in [5.41, 5.74) is 2.22. The minimum absolute atomic E-state index is 0.0378. The van der Waals surface area contributed by atoms with Crippen molar-refractivity contribution in [2.24, 2.45) is 10.9 Å². The van der Waals surface area contributed by atoms with Gasteiger partial charge in [0.2, 0.25) is 5.90 Å². The molecule has 0 radical (unpaired) electrons. The molecule has 17 heavy (non-hydrogen) atoms. The lowest BCUT2D eigenvalue weighted by Crippen LogP contribution is -2.28. The van der Waals surface area contributed by atoms with Crippen molar-refractivity contribution in [3.8, 4) is 0 Å². The molecule has 0 bridgehead atoms. The zero-order valence-corrected chi connectivity index (χ0v) is 9.40. The van der Waals surface area contributed by atoms with Crippen LogP contribution in [-0.4, -0.2) is 24.1 Å². The van der Waals surface area contributed by atoms with Crippen molar-refractivity contribution < 1.29 is 14.3 Å². The number of carbonyl (C=O) groups excluding carboxylic acids is 2. The summed E-state index contributed by atoms with van der Waals surface area (Å²) in [6.07, 6.45) is 0.853. The van der Waals surface area contributed by atoms with Gasteiger partial charge in [0, 0.05) is 5.56 Å². The van der Waals surface area contributed by atoms with Crippen LogP contribution in [0.5, 0.6) is 0 Å². The quantitative estimate of drug-likeness (QED) is 0.688. The number of nitrogens with zero attached hydrogens (tertiary/aromatic N) is 1. The van der Waals surface area contributed by atoms with Gasteiger partial charge in [-0.3, -0.25) is 9.59 Å². The number of hydrogen-bond acceptors (Lipinski definition) is 4. The highest BCUT2D eigenvalue weighted by molar-refractivity contribution is 6.29. The summed E-state index contributed by atoms with van der Waals surface area (Å²) in [6.45, 7) is 1.98. The number of aliphatic imine (C=N–C) groups is 1. The molecule has 2 aliphatic rings. The Morgan fingerprint density at radius 2 is 2.24 bits per heavy atom. The van der Waals surface area contributed by atoms with Crippen molar-refractivity contribution in [2.45, 2.75) is 13.3 Å². The number of carbonyl (C=O) groups is 2. The van der Waals surface area contributed by atoms with Crippen LogP contribution >= 0.6 is 0 Å². The predicted octanol–water partition coefficient (Wildman–Crippen LogP) is 1.69. The van der Waals surface area contributed by atoms with Crippen LogP contribution in [0.3, 0.4) is 0 Å². The van der Waals surface area contributed by atoms with Crippen molar-refractivity contribution >= 4 is 23.2 Å². The Labute approximate surface area is 98.3 Å². The highest BCUT2D eigenvalue weighted by atomic mass is 16.5. The number of aryl methyl sites for hydroxylation is 1. The third-order valence-corrected chi connectivity index (χ3v) is 3.16. The average Bonchev–Trinajstić information content (AvgIpc) is 2.71. The molecular weight excluding hydrogens is 218 g/mol. The van der Waals surface area contributed by atoms with Gasteiger partial charge in [-0.2, -0.15) is 0 Å². The van der Waals surface area contributed by atoms with Crippen LogP contribution < -0.4 is 0 Å². The lowest BCUT2D eigenvalue weighted by molar-refractivity contribution is -0.119. The van der Waals surface area contributed by atoms with Crippen molar-refractivity contribution in [3.05, 3.63) is 29.3 Å². The van der Waals surface area contributed by atoms with Gasteiger partial charge < -0.3 is 4.74 Å². The second-order valence-electron chi connectivity index (χ2n) is 4.21. The van der Waals surface area contributed by atoms with Crippen molar-refractivity contribution in [1.29, 1.82) is 0 Å². The Bertz CT molecular complexity index is 560. The number of ether oxygens (including phenoxy) is 1. The molecule has 3 rings (SSSR count). The fraction of sp³-hybridized carbons (Fsp3) is 0.308. The Hall–Kier alpha value is -1.97. The Morgan fingerprint density at radius 3 is 3.00 bits per heavy atom. The molecule has 2 aliphatic heterocycles. The third kappa shape index (κ3) is 1.40. The molecule has 1 atom stereocenters. The zero-order chi connectivity index (χ0) is 12.0. The van der Waals surface area contributed by atoms with Crippen molar-refractivity contribution in [2.75, 3.05) is 6.61 Å². The van der Waals surface area contributed by atoms with Crippen LogP contribution in [0.4, 0.5) is 5.69 Å². The molecule has 0 saturated carbocycles. The first kappa shape index (κ1) is 10.2. The lowest BCUT2D eigenvalue weighted by Gasteiger charge is -2.15. The highest BCUT2D eigenvalue weighted by Crippen LogP contribution is 2.32. The Morgan fingerprint density at radius 1 is 1.41 bits per heavy atom. The van der Waals surface area contributed by atoms with Crippen LogP contribution in [-0.2, 0) is 16.0 Å². The summed E-state index contributed by atoms with van der Waals surface area (Å²) in [5, 5.41) is 0. The molecule has 4 nitrogen and oxygen atoms in total. The molecule has 0 aromatic heterocycles. The summed E-state index contributed by atoms with van der Waals surface area (Å²) in [7, 11) is 0. The fourth-order valence-electron chi connectivity index (χ4n) is 2.18. The van der Waals surface area contributed by atoms with Crippen LogP contribution in [0.1, 0.15) is 22.8 Å². The normalized spacial score (nSPS) is 21.7. The first-order valence-electron chi connectivity index (χ1n) is 5.62. The van der Waals surface area contributed by atoms with E-state index in [4.69, 9.17) is 4.74 Å². The minimum Gasteiger partial charge on any atom is -0.472 e. The standard InChI is InChI=1S/C13H11NO3/c1-2-7-3-4-9-8(5-7)12(16)11-10(15)6-17-13(11)14-9/h3-5,11H,2,6H2,1H3. The fourth-order valence-corrected chi connectivity index (χ4v) is 2.18. The van der Waals surface area contributed by atoms with E-state index in [2.05, 4.69) is 4.99 Å². The molecule has 86 valence electrons. The molecule has 0 aliphatic carbocycles. The zero-order valence-electron chi connectivity index (χ0n) is 9.40. The Balaban J connectivity index is 2.16. The highest BCUT2D eigenvalue weighted by Gasteiger charge is 2.43. The van der Waals surface area contributed by atoms with Crippen LogP contribution in [0.15, 0.2) is 23.2 Å². The van der Waals surface area contributed by atoms with Gasteiger partial charge in [-0.25, -0.2) is 4.99 Å². The number of Topliss-reactive ketones (excluding diaryl/α,β-unsaturated/α-hetero) is 2. The van der Waals surface area contributed by atoms with Crippen LogP contribution in [0, 0.1) is 5.92 Å². The van der Waals surface area contributed by atoms with Gasteiger partial charge in [0.25, 0.3) is 0 Å². The maximum atomic E-state index is 12.2. The maximum Gasteiger partial charge on any atom is 0.208 e. The molecule has 1 unspecified atom stereocenters. The van der Waals surface area contributed by atoms with Gasteiger partial charge in [-0.05, 0) is 24.1 Å². The van der Waals surface area contributed by atoms with E-state index in [9.17, 15) is 9.59 Å². The second kappa shape index (κ2) is 3.52. The number of benzene rings is 1. The van der Waals surface area contributed by atoms with Gasteiger partial charge in [0.15, 0.2) is 17.5 Å². The van der Waals surface area contributed by atoms with Gasteiger partial charge in [-0.15, -0.1) is 0 Å². The van der Waals surface area contributed by atoms with E-state index in [1.807, 2.05) is 19.1 Å². The summed E-state index contributed by atoms with van der Waals surface area (Å²) >= 11 is 0. The molecule has 1 fully saturated rings. The number of rotatable bonds is 1. The first-order valence-corrected chi connectivity index (χ1v) is 5.62. The van der Waals surface area contributed by atoms with E-state index in [0.717, 1.165) is 12.0 Å². The van der Waals surface area contributed by atoms with Gasteiger partial charge >= 0.3 is 0 Å². The van der Waals surface area contributed by atoms with Gasteiger partial charge in [-0.1, -0.05) is 13.0 Å². The molecule has 1 saturated heterocycles. The molecule has 0 spiro atoms. The molecule has 0 N–H and O–H groups in total. The van der Waals surface area contributed by atoms with Crippen molar-refractivity contribution in [3.63, 3.8) is 0 Å².